The van der Waals surface area contributed by atoms with Crippen LogP contribution in [0.5, 0.6) is 5.75 Å². The van der Waals surface area contributed by atoms with Crippen LogP contribution >= 0.6 is 0 Å². The lowest BCUT2D eigenvalue weighted by atomic mass is 10.0. The van der Waals surface area contributed by atoms with Crippen LogP contribution in [0.25, 0.3) is 10.8 Å². The highest BCUT2D eigenvalue weighted by atomic mass is 16.5. The number of benzene rings is 3. The van der Waals surface area contributed by atoms with E-state index in [0.717, 1.165) is 16.3 Å². The summed E-state index contributed by atoms with van der Waals surface area (Å²) in [6.45, 7) is 0. The lowest BCUT2D eigenvalue weighted by molar-refractivity contribution is -0.115. The van der Waals surface area contributed by atoms with Crippen molar-refractivity contribution in [3.8, 4) is 5.75 Å². The third-order valence-electron chi connectivity index (χ3n) is 3.75. The van der Waals surface area contributed by atoms with Crippen LogP contribution in [0.1, 0.15) is 5.56 Å². The smallest absolute Gasteiger partial charge is 0.228 e. The van der Waals surface area contributed by atoms with Crippen molar-refractivity contribution in [3.05, 3.63) is 66.2 Å². The molecule has 3 rings (SSSR count). The van der Waals surface area contributed by atoms with Gasteiger partial charge < -0.3 is 15.8 Å². The maximum Gasteiger partial charge on any atom is 0.228 e. The Kier molecular flexibility index (Phi) is 4.15. The standard InChI is InChI=1S/C19H18N2O2/c1-23-19-16(20)10-5-11-17(19)21-18(22)12-14-8-4-7-13-6-2-3-9-15(13)14/h2-11H,12,20H2,1H3,(H,21,22). The molecular formula is C19H18N2O2. The molecule has 0 spiro atoms. The quantitative estimate of drug-likeness (QED) is 0.724. The van der Waals surface area contributed by atoms with Crippen molar-refractivity contribution in [2.45, 2.75) is 6.42 Å². The van der Waals surface area contributed by atoms with Crippen LogP contribution in [-0.4, -0.2) is 13.0 Å². The fourth-order valence-corrected chi connectivity index (χ4v) is 2.70. The van der Waals surface area contributed by atoms with E-state index in [4.69, 9.17) is 10.5 Å². The average Bonchev–Trinajstić information content (AvgIpc) is 2.55. The van der Waals surface area contributed by atoms with Gasteiger partial charge in [-0.2, -0.15) is 0 Å². The van der Waals surface area contributed by atoms with Crippen molar-refractivity contribution in [1.29, 1.82) is 0 Å². The van der Waals surface area contributed by atoms with E-state index in [0.29, 0.717) is 23.5 Å². The Morgan fingerprint density at radius 3 is 2.61 bits per heavy atom. The van der Waals surface area contributed by atoms with E-state index < -0.39 is 0 Å². The number of hydrogen-bond acceptors (Lipinski definition) is 3. The molecule has 0 fully saturated rings. The van der Waals surface area contributed by atoms with E-state index in [1.807, 2.05) is 42.5 Å². The molecule has 0 heterocycles. The Labute approximate surface area is 134 Å². The zero-order valence-corrected chi connectivity index (χ0v) is 12.9. The van der Waals surface area contributed by atoms with Gasteiger partial charge in [-0.3, -0.25) is 4.79 Å². The van der Waals surface area contributed by atoms with Crippen LogP contribution in [0.15, 0.2) is 60.7 Å². The van der Waals surface area contributed by atoms with Crippen LogP contribution in [0.2, 0.25) is 0 Å². The second kappa shape index (κ2) is 6.40. The van der Waals surface area contributed by atoms with Gasteiger partial charge >= 0.3 is 0 Å². The van der Waals surface area contributed by atoms with Gasteiger partial charge in [-0.15, -0.1) is 0 Å². The minimum Gasteiger partial charge on any atom is -0.492 e. The summed E-state index contributed by atoms with van der Waals surface area (Å²) in [5, 5.41) is 5.08. The maximum atomic E-state index is 12.4. The van der Waals surface area contributed by atoms with Crippen LogP contribution in [-0.2, 0) is 11.2 Å². The second-order valence-corrected chi connectivity index (χ2v) is 5.29. The molecule has 0 radical (unpaired) electrons. The first-order valence-corrected chi connectivity index (χ1v) is 7.38. The zero-order chi connectivity index (χ0) is 16.2. The first-order chi connectivity index (χ1) is 11.2. The van der Waals surface area contributed by atoms with Crippen LogP contribution in [0.3, 0.4) is 0 Å². The van der Waals surface area contributed by atoms with Crippen LogP contribution in [0.4, 0.5) is 11.4 Å². The molecule has 0 unspecified atom stereocenters. The highest BCUT2D eigenvalue weighted by Crippen LogP contribution is 2.30. The molecule has 3 aromatic carbocycles. The number of ether oxygens (including phenoxy) is 1. The van der Waals surface area contributed by atoms with Gasteiger partial charge in [-0.1, -0.05) is 48.5 Å². The number of rotatable bonds is 4. The summed E-state index contributed by atoms with van der Waals surface area (Å²) in [7, 11) is 1.53. The van der Waals surface area contributed by atoms with Crippen molar-refractivity contribution in [1.82, 2.24) is 0 Å². The van der Waals surface area contributed by atoms with Crippen molar-refractivity contribution in [2.75, 3.05) is 18.2 Å². The third-order valence-corrected chi connectivity index (χ3v) is 3.75. The highest BCUT2D eigenvalue weighted by Gasteiger charge is 2.11. The molecule has 0 aliphatic rings. The number of hydrogen-bond donors (Lipinski definition) is 2. The summed E-state index contributed by atoms with van der Waals surface area (Å²) in [6, 6.07) is 19.3. The van der Waals surface area contributed by atoms with Gasteiger partial charge in [-0.05, 0) is 28.5 Å². The first-order valence-electron chi connectivity index (χ1n) is 7.38. The molecule has 4 heteroatoms. The topological polar surface area (TPSA) is 64.3 Å². The van der Waals surface area contributed by atoms with Gasteiger partial charge in [0.1, 0.15) is 0 Å². The number of para-hydroxylation sites is 1. The summed E-state index contributed by atoms with van der Waals surface area (Å²) in [5.74, 6) is 0.379. The Bertz CT molecular complexity index is 854. The fourth-order valence-electron chi connectivity index (χ4n) is 2.70. The van der Waals surface area contributed by atoms with Gasteiger partial charge in [0.15, 0.2) is 5.75 Å². The molecule has 0 saturated carbocycles. The van der Waals surface area contributed by atoms with Gasteiger partial charge in [0.25, 0.3) is 0 Å². The molecule has 3 aromatic rings. The third kappa shape index (κ3) is 3.11. The summed E-state index contributed by atoms with van der Waals surface area (Å²) in [4.78, 5) is 12.4. The number of anilines is 2. The summed E-state index contributed by atoms with van der Waals surface area (Å²) < 4.78 is 5.26. The van der Waals surface area contributed by atoms with Crippen molar-refractivity contribution in [3.63, 3.8) is 0 Å². The number of nitrogens with one attached hydrogen (secondary N) is 1. The molecule has 1 amide bonds. The first kappa shape index (κ1) is 14.9. The Balaban J connectivity index is 1.84. The number of carbonyl (C=O) groups excluding carboxylic acids is 1. The molecule has 0 aromatic heterocycles. The van der Waals surface area contributed by atoms with Crippen molar-refractivity contribution in [2.24, 2.45) is 0 Å². The molecule has 0 bridgehead atoms. The Morgan fingerprint density at radius 2 is 1.78 bits per heavy atom. The molecule has 0 saturated heterocycles. The zero-order valence-electron chi connectivity index (χ0n) is 12.9. The summed E-state index contributed by atoms with van der Waals surface area (Å²) in [5.41, 5.74) is 7.92. The number of methoxy groups -OCH3 is 1. The Morgan fingerprint density at radius 1 is 1.04 bits per heavy atom. The number of carbonyl (C=O) groups is 1. The summed E-state index contributed by atoms with van der Waals surface area (Å²) >= 11 is 0. The minimum absolute atomic E-state index is 0.106. The van der Waals surface area contributed by atoms with E-state index in [1.165, 1.54) is 7.11 Å². The molecule has 116 valence electrons. The van der Waals surface area contributed by atoms with Gasteiger partial charge in [-0.25, -0.2) is 0 Å². The lowest BCUT2D eigenvalue weighted by Crippen LogP contribution is -2.15. The second-order valence-electron chi connectivity index (χ2n) is 5.29. The van der Waals surface area contributed by atoms with E-state index >= 15 is 0 Å². The van der Waals surface area contributed by atoms with Crippen molar-refractivity contribution >= 4 is 28.1 Å². The lowest BCUT2D eigenvalue weighted by Gasteiger charge is -2.12. The maximum absolute atomic E-state index is 12.4. The monoisotopic (exact) mass is 306 g/mol. The molecule has 3 N–H and O–H groups in total. The molecule has 0 atom stereocenters. The number of nitrogens with two attached hydrogens (primary N) is 1. The molecule has 4 nitrogen and oxygen atoms in total. The van der Waals surface area contributed by atoms with Gasteiger partial charge in [0, 0.05) is 0 Å². The van der Waals surface area contributed by atoms with Crippen LogP contribution in [0, 0.1) is 0 Å². The molecular weight excluding hydrogens is 288 g/mol. The van der Waals surface area contributed by atoms with E-state index in [-0.39, 0.29) is 5.91 Å². The molecule has 0 aliphatic heterocycles. The number of fused-ring (bicyclic) bond motifs is 1. The van der Waals surface area contributed by atoms with Gasteiger partial charge in [0.05, 0.1) is 24.9 Å². The number of nitrogen functional groups attached to an aromatic ring is 1. The van der Waals surface area contributed by atoms with E-state index in [9.17, 15) is 4.79 Å². The van der Waals surface area contributed by atoms with E-state index in [1.54, 1.807) is 18.2 Å². The summed E-state index contributed by atoms with van der Waals surface area (Å²) in [6.07, 6.45) is 0.291. The van der Waals surface area contributed by atoms with Gasteiger partial charge in [0.2, 0.25) is 5.91 Å². The predicted molar refractivity (Wildman–Crippen MR) is 93.7 cm³/mol. The SMILES string of the molecule is COc1c(N)cccc1NC(=O)Cc1cccc2ccccc12. The molecule has 0 aliphatic carbocycles. The number of amides is 1. The fraction of sp³-hybridized carbons (Fsp3) is 0.105. The molecule has 23 heavy (non-hydrogen) atoms. The highest BCUT2D eigenvalue weighted by molar-refractivity contribution is 5.97. The largest absolute Gasteiger partial charge is 0.492 e. The predicted octanol–water partition coefficient (Wildman–Crippen LogP) is 3.61. The van der Waals surface area contributed by atoms with Crippen molar-refractivity contribution < 1.29 is 9.53 Å². The average molecular weight is 306 g/mol. The normalized spacial score (nSPS) is 10.5. The van der Waals surface area contributed by atoms with E-state index in [2.05, 4.69) is 5.32 Å². The Hall–Kier alpha value is -3.01. The minimum atomic E-state index is -0.106. The van der Waals surface area contributed by atoms with Crippen LogP contribution < -0.4 is 15.8 Å².